The number of nitrogens with zero attached hydrogens (tertiary/aromatic N) is 1. The zero-order valence-corrected chi connectivity index (χ0v) is 11.2. The van der Waals surface area contributed by atoms with Crippen LogP contribution in [0.15, 0.2) is 0 Å². The van der Waals surface area contributed by atoms with Crippen LogP contribution in [-0.4, -0.2) is 37.6 Å². The summed E-state index contributed by atoms with van der Waals surface area (Å²) in [5.74, 6) is 0.861. The van der Waals surface area contributed by atoms with E-state index in [2.05, 4.69) is 6.92 Å². The van der Waals surface area contributed by atoms with E-state index >= 15 is 0 Å². The maximum absolute atomic E-state index is 12.1. The van der Waals surface area contributed by atoms with E-state index in [-0.39, 0.29) is 11.8 Å². The van der Waals surface area contributed by atoms with E-state index in [1.54, 1.807) is 4.31 Å². The first-order chi connectivity index (χ1) is 7.51. The first-order valence-electron chi connectivity index (χ1n) is 6.20. The van der Waals surface area contributed by atoms with Gasteiger partial charge < -0.3 is 5.73 Å². The molecule has 0 aromatic carbocycles. The van der Waals surface area contributed by atoms with Crippen LogP contribution in [0.4, 0.5) is 0 Å². The Balaban J connectivity index is 2.69. The largest absolute Gasteiger partial charge is 0.329 e. The first kappa shape index (κ1) is 13.9. The second-order valence-corrected chi connectivity index (χ2v) is 6.84. The highest BCUT2D eigenvalue weighted by atomic mass is 32.2. The molecule has 0 aromatic rings. The van der Waals surface area contributed by atoms with Crippen LogP contribution in [0.1, 0.15) is 39.5 Å². The fourth-order valence-corrected chi connectivity index (χ4v) is 4.15. The van der Waals surface area contributed by atoms with E-state index in [9.17, 15) is 8.42 Å². The molecular weight excluding hydrogens is 224 g/mol. The monoisotopic (exact) mass is 248 g/mol. The standard InChI is InChI=1S/C11H24N2O2S/c1-3-4-7-16(14,15)13-6-5-10(2)8-11(13)9-12/h10-11H,3-9,12H2,1-2H3. The molecule has 16 heavy (non-hydrogen) atoms. The van der Waals surface area contributed by atoms with Gasteiger partial charge in [0.1, 0.15) is 0 Å². The number of piperidine rings is 1. The third kappa shape index (κ3) is 3.43. The second kappa shape index (κ2) is 5.98. The minimum Gasteiger partial charge on any atom is -0.329 e. The van der Waals surface area contributed by atoms with Crippen LogP contribution in [0, 0.1) is 5.92 Å². The predicted molar refractivity (Wildman–Crippen MR) is 66.6 cm³/mol. The summed E-state index contributed by atoms with van der Waals surface area (Å²) in [6.45, 7) is 5.26. The fraction of sp³-hybridized carbons (Fsp3) is 1.00. The van der Waals surface area contributed by atoms with E-state index in [4.69, 9.17) is 5.73 Å². The van der Waals surface area contributed by atoms with Crippen LogP contribution in [0.5, 0.6) is 0 Å². The topological polar surface area (TPSA) is 63.4 Å². The van der Waals surface area contributed by atoms with E-state index < -0.39 is 10.0 Å². The number of nitrogens with two attached hydrogens (primary N) is 1. The van der Waals surface area contributed by atoms with E-state index in [1.807, 2.05) is 6.92 Å². The molecule has 0 aromatic heterocycles. The van der Waals surface area contributed by atoms with Crippen molar-refractivity contribution in [3.63, 3.8) is 0 Å². The molecule has 1 fully saturated rings. The van der Waals surface area contributed by atoms with Gasteiger partial charge in [-0.15, -0.1) is 0 Å². The summed E-state index contributed by atoms with van der Waals surface area (Å²) < 4.78 is 25.8. The average molecular weight is 248 g/mol. The molecule has 5 heteroatoms. The molecule has 0 bridgehead atoms. The third-order valence-electron chi connectivity index (χ3n) is 3.31. The van der Waals surface area contributed by atoms with E-state index in [0.717, 1.165) is 25.7 Å². The van der Waals surface area contributed by atoms with E-state index in [0.29, 0.717) is 19.0 Å². The SMILES string of the molecule is CCCCS(=O)(=O)N1CCC(C)CC1CN. The molecule has 2 N–H and O–H groups in total. The van der Waals surface area contributed by atoms with Gasteiger partial charge in [0.2, 0.25) is 10.0 Å². The number of rotatable bonds is 5. The Morgan fingerprint density at radius 2 is 2.12 bits per heavy atom. The second-order valence-electron chi connectivity index (χ2n) is 4.80. The van der Waals surface area contributed by atoms with Gasteiger partial charge in [-0.2, -0.15) is 4.31 Å². The summed E-state index contributed by atoms with van der Waals surface area (Å²) in [7, 11) is -3.08. The van der Waals surface area contributed by atoms with Gasteiger partial charge in [0.25, 0.3) is 0 Å². The van der Waals surface area contributed by atoms with Crippen LogP contribution in [0.25, 0.3) is 0 Å². The zero-order chi connectivity index (χ0) is 12.2. The van der Waals surface area contributed by atoms with E-state index in [1.165, 1.54) is 0 Å². The molecule has 0 aliphatic carbocycles. The fourth-order valence-electron chi connectivity index (χ4n) is 2.25. The van der Waals surface area contributed by atoms with Gasteiger partial charge in [-0.05, 0) is 25.2 Å². The zero-order valence-electron chi connectivity index (χ0n) is 10.4. The van der Waals surface area contributed by atoms with Crippen LogP contribution in [0.3, 0.4) is 0 Å². The van der Waals surface area contributed by atoms with Crippen LogP contribution in [0.2, 0.25) is 0 Å². The molecule has 1 heterocycles. The first-order valence-corrected chi connectivity index (χ1v) is 7.81. The molecule has 0 spiro atoms. The Hall–Kier alpha value is -0.130. The minimum absolute atomic E-state index is 0.0191. The summed E-state index contributed by atoms with van der Waals surface area (Å²) in [5.41, 5.74) is 5.68. The normalized spacial score (nSPS) is 28.2. The average Bonchev–Trinajstić information content (AvgIpc) is 2.26. The minimum atomic E-state index is -3.08. The maximum Gasteiger partial charge on any atom is 0.214 e. The summed E-state index contributed by atoms with van der Waals surface area (Å²) in [5, 5.41) is 0. The van der Waals surface area contributed by atoms with Crippen molar-refractivity contribution in [1.82, 2.24) is 4.31 Å². The maximum atomic E-state index is 12.1. The lowest BCUT2D eigenvalue weighted by molar-refractivity contribution is 0.211. The van der Waals surface area contributed by atoms with Crippen molar-refractivity contribution >= 4 is 10.0 Å². The predicted octanol–water partition coefficient (Wildman–Crippen LogP) is 1.18. The molecule has 1 aliphatic rings. The van der Waals surface area contributed by atoms with Gasteiger partial charge in [-0.3, -0.25) is 0 Å². The highest BCUT2D eigenvalue weighted by Crippen LogP contribution is 2.24. The summed E-state index contributed by atoms with van der Waals surface area (Å²) in [4.78, 5) is 0. The van der Waals surface area contributed by atoms with Crippen molar-refractivity contribution in [2.24, 2.45) is 11.7 Å². The summed E-state index contributed by atoms with van der Waals surface area (Å²) in [6.07, 6.45) is 3.52. The molecular formula is C11H24N2O2S. The molecule has 0 radical (unpaired) electrons. The molecule has 0 amide bonds. The smallest absolute Gasteiger partial charge is 0.214 e. The lowest BCUT2D eigenvalue weighted by atomic mass is 9.94. The number of sulfonamides is 1. The van der Waals surface area contributed by atoms with Gasteiger partial charge >= 0.3 is 0 Å². The van der Waals surface area contributed by atoms with Crippen molar-refractivity contribution in [1.29, 1.82) is 0 Å². The third-order valence-corrected chi connectivity index (χ3v) is 5.31. The summed E-state index contributed by atoms with van der Waals surface area (Å²) in [6, 6.07) is 0.0191. The molecule has 2 unspecified atom stereocenters. The van der Waals surface area contributed by atoms with Gasteiger partial charge in [0.05, 0.1) is 5.75 Å². The quantitative estimate of drug-likeness (QED) is 0.794. The van der Waals surface area contributed by atoms with Crippen LogP contribution < -0.4 is 5.73 Å². The molecule has 4 nitrogen and oxygen atoms in total. The molecule has 1 rings (SSSR count). The Labute approximate surface area is 99.2 Å². The van der Waals surface area contributed by atoms with Crippen molar-refractivity contribution in [3.8, 4) is 0 Å². The molecule has 96 valence electrons. The lowest BCUT2D eigenvalue weighted by Crippen LogP contribution is -2.49. The molecule has 1 aliphatic heterocycles. The number of hydrogen-bond donors (Lipinski definition) is 1. The Morgan fingerprint density at radius 3 is 2.69 bits per heavy atom. The van der Waals surface area contributed by atoms with Crippen molar-refractivity contribution in [2.75, 3.05) is 18.8 Å². The summed E-state index contributed by atoms with van der Waals surface area (Å²) >= 11 is 0. The van der Waals surface area contributed by atoms with Crippen molar-refractivity contribution < 1.29 is 8.42 Å². The highest BCUT2D eigenvalue weighted by Gasteiger charge is 2.33. The van der Waals surface area contributed by atoms with Gasteiger partial charge in [0, 0.05) is 19.1 Å². The van der Waals surface area contributed by atoms with Crippen molar-refractivity contribution in [3.05, 3.63) is 0 Å². The Kier molecular flexibility index (Phi) is 5.21. The number of unbranched alkanes of at least 4 members (excludes halogenated alkanes) is 1. The van der Waals surface area contributed by atoms with Gasteiger partial charge in [-0.25, -0.2) is 8.42 Å². The van der Waals surface area contributed by atoms with Gasteiger partial charge in [0.15, 0.2) is 0 Å². The molecule has 2 atom stereocenters. The lowest BCUT2D eigenvalue weighted by Gasteiger charge is -2.36. The number of hydrogen-bond acceptors (Lipinski definition) is 3. The molecule has 0 saturated carbocycles. The van der Waals surface area contributed by atoms with Crippen molar-refractivity contribution in [2.45, 2.75) is 45.6 Å². The Bertz CT molecular complexity index is 303. The molecule has 1 saturated heterocycles. The Morgan fingerprint density at radius 1 is 1.44 bits per heavy atom. The van der Waals surface area contributed by atoms with Gasteiger partial charge in [-0.1, -0.05) is 20.3 Å². The highest BCUT2D eigenvalue weighted by molar-refractivity contribution is 7.89. The van der Waals surface area contributed by atoms with Crippen LogP contribution >= 0.6 is 0 Å². The van der Waals surface area contributed by atoms with Crippen LogP contribution in [-0.2, 0) is 10.0 Å².